The summed E-state index contributed by atoms with van der Waals surface area (Å²) in [7, 11) is 0. The van der Waals surface area contributed by atoms with Crippen LogP contribution in [0.1, 0.15) is 22.6 Å². The molecule has 4 rings (SSSR count). The van der Waals surface area contributed by atoms with Crippen LogP contribution in [0.2, 0.25) is 0 Å². The lowest BCUT2D eigenvalue weighted by atomic mass is 10.1. The fourth-order valence-electron chi connectivity index (χ4n) is 3.06. The highest BCUT2D eigenvalue weighted by Crippen LogP contribution is 2.23. The molecule has 6 nitrogen and oxygen atoms in total. The van der Waals surface area contributed by atoms with Gasteiger partial charge in [-0.2, -0.15) is 5.10 Å². The molecule has 0 atom stereocenters. The Morgan fingerprint density at radius 2 is 1.83 bits per heavy atom. The average molecular weight is 399 g/mol. The van der Waals surface area contributed by atoms with E-state index in [2.05, 4.69) is 17.3 Å². The molecule has 0 bridgehead atoms. The minimum Gasteiger partial charge on any atom is -0.454 e. The number of hydrogen-bond donors (Lipinski definition) is 0. The van der Waals surface area contributed by atoms with E-state index in [0.29, 0.717) is 12.3 Å². The molecule has 0 fully saturated rings. The fraction of sp³-hybridized carbons (Fsp3) is 0.125. The lowest BCUT2D eigenvalue weighted by Crippen LogP contribution is -2.00. The summed E-state index contributed by atoms with van der Waals surface area (Å²) in [5, 5.41) is 8.52. The van der Waals surface area contributed by atoms with Gasteiger partial charge in [-0.05, 0) is 18.6 Å². The van der Waals surface area contributed by atoms with Crippen LogP contribution >= 0.6 is 0 Å². The number of aromatic nitrogens is 3. The predicted octanol–water partition coefficient (Wildman–Crippen LogP) is 4.65. The van der Waals surface area contributed by atoms with Crippen molar-refractivity contribution in [3.63, 3.8) is 0 Å². The summed E-state index contributed by atoms with van der Waals surface area (Å²) < 4.78 is 12.1. The van der Waals surface area contributed by atoms with E-state index in [1.165, 1.54) is 6.08 Å². The van der Waals surface area contributed by atoms with Gasteiger partial charge in [0.05, 0.1) is 17.9 Å². The van der Waals surface area contributed by atoms with Crippen molar-refractivity contribution in [3.05, 3.63) is 102 Å². The second-order valence-corrected chi connectivity index (χ2v) is 6.86. The van der Waals surface area contributed by atoms with Crippen molar-refractivity contribution >= 4 is 12.0 Å². The molecule has 0 radical (unpaired) electrons. The number of carbonyl (C=O) groups is 1. The van der Waals surface area contributed by atoms with Crippen LogP contribution in [-0.2, 0) is 22.7 Å². The molecule has 2 heterocycles. The number of benzene rings is 2. The molecule has 0 amide bonds. The van der Waals surface area contributed by atoms with Gasteiger partial charge in [-0.3, -0.25) is 4.68 Å². The van der Waals surface area contributed by atoms with E-state index in [9.17, 15) is 4.79 Å². The molecular formula is C24H21N3O3. The highest BCUT2D eigenvalue weighted by molar-refractivity contribution is 5.88. The topological polar surface area (TPSA) is 70.2 Å². The summed E-state index contributed by atoms with van der Waals surface area (Å²) in [6.07, 6.45) is 5.06. The molecule has 0 aliphatic rings. The number of rotatable bonds is 7. The van der Waals surface area contributed by atoms with Crippen molar-refractivity contribution in [2.24, 2.45) is 0 Å². The van der Waals surface area contributed by atoms with E-state index in [1.807, 2.05) is 66.3 Å². The van der Waals surface area contributed by atoms with Crippen LogP contribution in [0.15, 0.2) is 83.5 Å². The van der Waals surface area contributed by atoms with Crippen molar-refractivity contribution in [3.8, 4) is 11.3 Å². The van der Waals surface area contributed by atoms with Gasteiger partial charge in [-0.15, -0.1) is 0 Å². The van der Waals surface area contributed by atoms with Crippen molar-refractivity contribution in [2.75, 3.05) is 0 Å². The SMILES string of the molecule is Cc1cc(COC(=O)/C=C/c2cn(Cc3ccccc3)nc2-c2ccccc2)on1. The summed E-state index contributed by atoms with van der Waals surface area (Å²) in [4.78, 5) is 12.1. The zero-order chi connectivity index (χ0) is 20.8. The summed E-state index contributed by atoms with van der Waals surface area (Å²) in [6.45, 7) is 2.50. The van der Waals surface area contributed by atoms with E-state index >= 15 is 0 Å². The molecule has 0 aliphatic heterocycles. The second-order valence-electron chi connectivity index (χ2n) is 6.86. The fourth-order valence-corrected chi connectivity index (χ4v) is 3.06. The molecule has 2 aromatic heterocycles. The molecule has 30 heavy (non-hydrogen) atoms. The first-order valence-corrected chi connectivity index (χ1v) is 9.61. The van der Waals surface area contributed by atoms with Gasteiger partial charge in [0.2, 0.25) is 0 Å². The largest absolute Gasteiger partial charge is 0.454 e. The van der Waals surface area contributed by atoms with Crippen molar-refractivity contribution in [1.29, 1.82) is 0 Å². The molecular weight excluding hydrogens is 378 g/mol. The molecule has 0 unspecified atom stereocenters. The van der Waals surface area contributed by atoms with Crippen LogP contribution < -0.4 is 0 Å². The summed E-state index contributed by atoms with van der Waals surface area (Å²) in [5.74, 6) is 0.0498. The lowest BCUT2D eigenvalue weighted by molar-refractivity contribution is -0.139. The molecule has 0 aliphatic carbocycles. The maximum Gasteiger partial charge on any atom is 0.331 e. The number of nitrogens with zero attached hydrogens (tertiary/aromatic N) is 3. The zero-order valence-electron chi connectivity index (χ0n) is 16.6. The van der Waals surface area contributed by atoms with Crippen LogP contribution in [0.25, 0.3) is 17.3 Å². The number of carbonyl (C=O) groups excluding carboxylic acids is 1. The van der Waals surface area contributed by atoms with Gasteiger partial charge in [-0.25, -0.2) is 4.79 Å². The van der Waals surface area contributed by atoms with E-state index in [0.717, 1.165) is 28.1 Å². The average Bonchev–Trinajstić information content (AvgIpc) is 3.38. The Morgan fingerprint density at radius 3 is 2.53 bits per heavy atom. The Morgan fingerprint density at radius 1 is 1.10 bits per heavy atom. The number of aryl methyl sites for hydroxylation is 1. The van der Waals surface area contributed by atoms with Crippen LogP contribution in [0.3, 0.4) is 0 Å². The van der Waals surface area contributed by atoms with E-state index in [1.54, 1.807) is 12.1 Å². The van der Waals surface area contributed by atoms with E-state index in [4.69, 9.17) is 14.4 Å². The standard InChI is InChI=1S/C24H21N3O3/c1-18-14-22(30-26-18)17-29-23(28)13-12-21-16-27(15-19-8-4-2-5-9-19)25-24(21)20-10-6-3-7-11-20/h2-14,16H,15,17H2,1H3/b13-12+. The lowest BCUT2D eigenvalue weighted by Gasteiger charge is -2.01. The Bertz CT molecular complexity index is 1140. The number of ether oxygens (including phenoxy) is 1. The summed E-state index contributed by atoms with van der Waals surface area (Å²) in [5.41, 5.74) is 4.52. The Balaban J connectivity index is 1.52. The molecule has 2 aromatic carbocycles. The minimum absolute atomic E-state index is 0.0445. The molecule has 4 aromatic rings. The van der Waals surface area contributed by atoms with Gasteiger partial charge >= 0.3 is 5.97 Å². The second kappa shape index (κ2) is 9.05. The van der Waals surface area contributed by atoms with Crippen LogP contribution in [0.4, 0.5) is 0 Å². The first-order chi connectivity index (χ1) is 14.7. The molecule has 0 spiro atoms. The predicted molar refractivity (Wildman–Crippen MR) is 113 cm³/mol. The normalized spacial score (nSPS) is 11.1. The van der Waals surface area contributed by atoms with Crippen molar-refractivity contribution < 1.29 is 14.1 Å². The molecule has 6 heteroatoms. The Labute approximate surface area is 174 Å². The summed E-state index contributed by atoms with van der Waals surface area (Å²) in [6, 6.07) is 21.7. The summed E-state index contributed by atoms with van der Waals surface area (Å²) >= 11 is 0. The highest BCUT2D eigenvalue weighted by Gasteiger charge is 2.11. The van der Waals surface area contributed by atoms with Crippen LogP contribution in [0.5, 0.6) is 0 Å². The first-order valence-electron chi connectivity index (χ1n) is 9.61. The molecule has 0 N–H and O–H groups in total. The van der Waals surface area contributed by atoms with Gasteiger partial charge < -0.3 is 9.26 Å². The molecule has 0 saturated carbocycles. The molecule has 150 valence electrons. The highest BCUT2D eigenvalue weighted by atomic mass is 16.5. The van der Waals surface area contributed by atoms with E-state index < -0.39 is 5.97 Å². The number of hydrogen-bond acceptors (Lipinski definition) is 5. The third-order valence-corrected chi connectivity index (χ3v) is 4.46. The maximum absolute atomic E-state index is 12.1. The van der Waals surface area contributed by atoms with Crippen molar-refractivity contribution in [2.45, 2.75) is 20.1 Å². The zero-order valence-corrected chi connectivity index (χ0v) is 16.6. The monoisotopic (exact) mass is 399 g/mol. The van der Waals surface area contributed by atoms with Gasteiger partial charge in [0.15, 0.2) is 12.4 Å². The van der Waals surface area contributed by atoms with Gasteiger partial charge in [0, 0.05) is 29.5 Å². The van der Waals surface area contributed by atoms with Gasteiger partial charge in [0.25, 0.3) is 0 Å². The molecule has 0 saturated heterocycles. The minimum atomic E-state index is -0.459. The Hall–Kier alpha value is -3.93. The maximum atomic E-state index is 12.1. The quantitative estimate of drug-likeness (QED) is 0.334. The smallest absolute Gasteiger partial charge is 0.331 e. The first kappa shape index (κ1) is 19.4. The van der Waals surface area contributed by atoms with Gasteiger partial charge in [-0.1, -0.05) is 65.8 Å². The number of esters is 1. The van der Waals surface area contributed by atoms with E-state index in [-0.39, 0.29) is 6.61 Å². The third kappa shape index (κ3) is 4.91. The van der Waals surface area contributed by atoms with Crippen molar-refractivity contribution in [1.82, 2.24) is 14.9 Å². The third-order valence-electron chi connectivity index (χ3n) is 4.46. The Kier molecular flexibility index (Phi) is 5.85. The van der Waals surface area contributed by atoms with Gasteiger partial charge in [0.1, 0.15) is 0 Å². The van der Waals surface area contributed by atoms with Crippen LogP contribution in [0, 0.1) is 6.92 Å². The van der Waals surface area contributed by atoms with Crippen LogP contribution in [-0.4, -0.2) is 20.9 Å².